The molecule has 0 rings (SSSR count). The van der Waals surface area contributed by atoms with Crippen molar-refractivity contribution in [1.82, 2.24) is 5.32 Å². The molecule has 0 saturated heterocycles. The van der Waals surface area contributed by atoms with Crippen LogP contribution in [0, 0.1) is 0 Å². The Balaban J connectivity index is 3.52. The predicted molar refractivity (Wildman–Crippen MR) is 55.2 cm³/mol. The molecular formula is C10H17NO4. The van der Waals surface area contributed by atoms with Crippen molar-refractivity contribution in [2.24, 2.45) is 0 Å². The number of aliphatic hydroxyl groups is 1. The van der Waals surface area contributed by atoms with Gasteiger partial charge in [-0.1, -0.05) is 12.2 Å². The molecule has 1 atom stereocenters. The molecule has 0 heterocycles. The number of amides is 1. The van der Waals surface area contributed by atoms with Crippen molar-refractivity contribution in [2.75, 3.05) is 6.61 Å². The molecule has 5 nitrogen and oxygen atoms in total. The van der Waals surface area contributed by atoms with Crippen molar-refractivity contribution >= 4 is 12.6 Å². The summed E-state index contributed by atoms with van der Waals surface area (Å²) >= 11 is 0. The first kappa shape index (κ1) is 13.6. The largest absolute Gasteiger partial charge is 0.414 e. The molecule has 5 heteroatoms. The van der Waals surface area contributed by atoms with Crippen LogP contribution >= 0.6 is 0 Å². The van der Waals surface area contributed by atoms with Gasteiger partial charge in [0.05, 0.1) is 0 Å². The average molecular weight is 215 g/mol. The molecule has 1 unspecified atom stereocenters. The SMILES string of the molecule is CC(CCC=CCCO)NC(=O)OC=O. The normalized spacial score (nSPS) is 12.4. The van der Waals surface area contributed by atoms with Crippen molar-refractivity contribution in [2.45, 2.75) is 32.2 Å². The standard InChI is InChI=1S/C10H17NO4/c1-9(11-10(14)15-8-13)6-4-2-3-5-7-12/h2-3,8-9,12H,4-7H2,1H3,(H,11,14). The highest BCUT2D eigenvalue weighted by Crippen LogP contribution is 1.98. The molecule has 0 fully saturated rings. The molecule has 1 amide bonds. The predicted octanol–water partition coefficient (Wildman–Crippen LogP) is 0.976. The molecule has 2 N–H and O–H groups in total. The first-order valence-corrected chi connectivity index (χ1v) is 4.87. The van der Waals surface area contributed by atoms with Crippen molar-refractivity contribution in [3.8, 4) is 0 Å². The van der Waals surface area contributed by atoms with E-state index in [0.29, 0.717) is 6.42 Å². The molecule has 0 radical (unpaired) electrons. The summed E-state index contributed by atoms with van der Waals surface area (Å²) in [4.78, 5) is 20.6. The van der Waals surface area contributed by atoms with Gasteiger partial charge in [-0.15, -0.1) is 0 Å². The van der Waals surface area contributed by atoms with Gasteiger partial charge in [-0.3, -0.25) is 4.79 Å². The maximum Gasteiger partial charge on any atom is 0.414 e. The average Bonchev–Trinajstić information content (AvgIpc) is 2.17. The second-order valence-electron chi connectivity index (χ2n) is 3.11. The Morgan fingerprint density at radius 1 is 1.47 bits per heavy atom. The highest BCUT2D eigenvalue weighted by Gasteiger charge is 2.06. The fourth-order valence-corrected chi connectivity index (χ4v) is 1.01. The number of aliphatic hydroxyl groups excluding tert-OH is 1. The lowest BCUT2D eigenvalue weighted by atomic mass is 10.2. The van der Waals surface area contributed by atoms with Crippen LogP contribution in [0.1, 0.15) is 26.2 Å². The first-order valence-electron chi connectivity index (χ1n) is 4.87. The Hall–Kier alpha value is -1.36. The van der Waals surface area contributed by atoms with E-state index in [2.05, 4.69) is 10.1 Å². The third-order valence-corrected chi connectivity index (χ3v) is 1.75. The zero-order chi connectivity index (χ0) is 11.5. The number of carbonyl (C=O) groups excluding carboxylic acids is 2. The van der Waals surface area contributed by atoms with Gasteiger partial charge in [0.25, 0.3) is 0 Å². The Kier molecular flexibility index (Phi) is 8.37. The van der Waals surface area contributed by atoms with Gasteiger partial charge < -0.3 is 15.2 Å². The van der Waals surface area contributed by atoms with Gasteiger partial charge in [0.2, 0.25) is 0 Å². The molecule has 0 saturated carbocycles. The Morgan fingerprint density at radius 3 is 2.73 bits per heavy atom. The van der Waals surface area contributed by atoms with E-state index in [-0.39, 0.29) is 19.1 Å². The fraction of sp³-hybridized carbons (Fsp3) is 0.600. The van der Waals surface area contributed by atoms with E-state index in [1.165, 1.54) is 0 Å². The molecule has 0 bridgehead atoms. The lowest BCUT2D eigenvalue weighted by Gasteiger charge is -2.10. The molecule has 0 aliphatic carbocycles. The van der Waals surface area contributed by atoms with Crippen LogP contribution in [-0.4, -0.2) is 30.3 Å². The Labute approximate surface area is 89.1 Å². The van der Waals surface area contributed by atoms with Crippen molar-refractivity contribution in [3.63, 3.8) is 0 Å². The molecular weight excluding hydrogens is 198 g/mol. The summed E-state index contributed by atoms with van der Waals surface area (Å²) in [5.74, 6) is 0. The number of nitrogens with one attached hydrogen (secondary N) is 1. The summed E-state index contributed by atoms with van der Waals surface area (Å²) < 4.78 is 4.08. The minimum atomic E-state index is -0.725. The summed E-state index contributed by atoms with van der Waals surface area (Å²) in [5, 5.41) is 11.0. The van der Waals surface area contributed by atoms with E-state index in [0.717, 1.165) is 12.8 Å². The van der Waals surface area contributed by atoms with Gasteiger partial charge in [-0.2, -0.15) is 0 Å². The van der Waals surface area contributed by atoms with E-state index in [9.17, 15) is 9.59 Å². The molecule has 15 heavy (non-hydrogen) atoms. The van der Waals surface area contributed by atoms with Crippen LogP contribution < -0.4 is 5.32 Å². The molecule has 0 aromatic carbocycles. The number of ether oxygens (including phenoxy) is 1. The molecule has 0 aliphatic rings. The minimum Gasteiger partial charge on any atom is -0.396 e. The summed E-state index contributed by atoms with van der Waals surface area (Å²) in [6.45, 7) is 2.07. The van der Waals surface area contributed by atoms with Gasteiger partial charge in [0, 0.05) is 12.6 Å². The summed E-state index contributed by atoms with van der Waals surface area (Å²) in [6.07, 6.45) is 5.32. The molecule has 0 aromatic rings. The zero-order valence-corrected chi connectivity index (χ0v) is 8.81. The highest BCUT2D eigenvalue weighted by molar-refractivity contribution is 5.74. The lowest BCUT2D eigenvalue weighted by Crippen LogP contribution is -2.32. The van der Waals surface area contributed by atoms with E-state index < -0.39 is 6.09 Å². The topological polar surface area (TPSA) is 75.6 Å². The van der Waals surface area contributed by atoms with Crippen LogP contribution in [-0.2, 0) is 9.53 Å². The molecule has 0 spiro atoms. The number of allylic oxidation sites excluding steroid dienone is 1. The van der Waals surface area contributed by atoms with Gasteiger partial charge in [0.15, 0.2) is 0 Å². The van der Waals surface area contributed by atoms with Crippen LogP contribution in [0.3, 0.4) is 0 Å². The third kappa shape index (κ3) is 8.96. The third-order valence-electron chi connectivity index (χ3n) is 1.75. The second kappa shape index (κ2) is 9.21. The summed E-state index contributed by atoms with van der Waals surface area (Å²) in [6, 6.07) is -0.0452. The quantitative estimate of drug-likeness (QED) is 0.377. The number of carbonyl (C=O) groups is 2. The van der Waals surface area contributed by atoms with Crippen molar-refractivity contribution in [3.05, 3.63) is 12.2 Å². The van der Waals surface area contributed by atoms with E-state index in [1.807, 2.05) is 19.1 Å². The first-order chi connectivity index (χ1) is 7.20. The van der Waals surface area contributed by atoms with Crippen LogP contribution in [0.25, 0.3) is 0 Å². The van der Waals surface area contributed by atoms with E-state index in [4.69, 9.17) is 5.11 Å². The summed E-state index contributed by atoms with van der Waals surface area (Å²) in [7, 11) is 0. The number of hydrogen-bond donors (Lipinski definition) is 2. The van der Waals surface area contributed by atoms with E-state index >= 15 is 0 Å². The van der Waals surface area contributed by atoms with Gasteiger partial charge in [-0.25, -0.2) is 4.79 Å². The van der Waals surface area contributed by atoms with Crippen LogP contribution in [0.2, 0.25) is 0 Å². The monoisotopic (exact) mass is 215 g/mol. The van der Waals surface area contributed by atoms with Gasteiger partial charge >= 0.3 is 12.6 Å². The Morgan fingerprint density at radius 2 is 2.13 bits per heavy atom. The van der Waals surface area contributed by atoms with Crippen LogP contribution in [0.5, 0.6) is 0 Å². The lowest BCUT2D eigenvalue weighted by molar-refractivity contribution is -0.123. The second-order valence-corrected chi connectivity index (χ2v) is 3.11. The van der Waals surface area contributed by atoms with E-state index in [1.54, 1.807) is 0 Å². The number of alkyl carbamates (subject to hydrolysis) is 1. The van der Waals surface area contributed by atoms with Crippen LogP contribution in [0.15, 0.2) is 12.2 Å². The molecule has 0 aromatic heterocycles. The minimum absolute atomic E-state index is 0.0452. The molecule has 0 aliphatic heterocycles. The van der Waals surface area contributed by atoms with Crippen molar-refractivity contribution in [1.29, 1.82) is 0 Å². The van der Waals surface area contributed by atoms with Crippen LogP contribution in [0.4, 0.5) is 4.79 Å². The van der Waals surface area contributed by atoms with Gasteiger partial charge in [-0.05, 0) is 26.2 Å². The van der Waals surface area contributed by atoms with Crippen molar-refractivity contribution < 1.29 is 19.4 Å². The number of rotatable bonds is 7. The smallest absolute Gasteiger partial charge is 0.396 e. The van der Waals surface area contributed by atoms with Gasteiger partial charge in [0.1, 0.15) is 0 Å². The highest BCUT2D eigenvalue weighted by atomic mass is 16.6. The fourth-order valence-electron chi connectivity index (χ4n) is 1.01. The Bertz CT molecular complexity index is 215. The number of hydrogen-bond acceptors (Lipinski definition) is 4. The zero-order valence-electron chi connectivity index (χ0n) is 8.81. The maximum atomic E-state index is 10.8. The molecule has 86 valence electrons. The summed E-state index contributed by atoms with van der Waals surface area (Å²) in [5.41, 5.74) is 0. The maximum absolute atomic E-state index is 10.8.